The van der Waals surface area contributed by atoms with E-state index in [1.54, 1.807) is 17.0 Å². The van der Waals surface area contributed by atoms with Crippen LogP contribution in [0.25, 0.3) is 0 Å². The number of nitrogens with zero attached hydrogens (tertiary/aromatic N) is 1. The van der Waals surface area contributed by atoms with Crippen LogP contribution in [0.1, 0.15) is 44.1 Å². The Kier molecular flexibility index (Phi) is 3.66. The average molecular weight is 290 g/mol. The van der Waals surface area contributed by atoms with Gasteiger partial charge in [-0.3, -0.25) is 10.1 Å². The lowest BCUT2D eigenvalue weighted by Crippen LogP contribution is -2.48. The van der Waals surface area contributed by atoms with Gasteiger partial charge in [0.2, 0.25) is 0 Å². The average Bonchev–Trinajstić information content (AvgIpc) is 2.65. The molecular formula is C16H19FN2O2. The van der Waals surface area contributed by atoms with Crippen LogP contribution in [0.3, 0.4) is 0 Å². The summed E-state index contributed by atoms with van der Waals surface area (Å²) >= 11 is 0. The minimum Gasteiger partial charge on any atom is -0.305 e. The first-order valence-electron chi connectivity index (χ1n) is 7.49. The van der Waals surface area contributed by atoms with Crippen LogP contribution >= 0.6 is 0 Å². The van der Waals surface area contributed by atoms with E-state index in [-0.39, 0.29) is 17.8 Å². The second-order valence-electron chi connectivity index (χ2n) is 5.92. The highest BCUT2D eigenvalue weighted by Crippen LogP contribution is 2.37. The molecule has 4 nitrogen and oxygen atoms in total. The number of carbonyl (C=O) groups excluding carboxylic acids is 2. The van der Waals surface area contributed by atoms with Crippen molar-refractivity contribution >= 4 is 11.9 Å². The number of amides is 3. The third-order valence-electron chi connectivity index (χ3n) is 4.59. The molecule has 1 aromatic carbocycles. The van der Waals surface area contributed by atoms with Gasteiger partial charge in [-0.05, 0) is 30.5 Å². The van der Waals surface area contributed by atoms with Crippen LogP contribution in [0, 0.1) is 5.82 Å². The van der Waals surface area contributed by atoms with Crippen molar-refractivity contribution in [1.29, 1.82) is 0 Å². The Morgan fingerprint density at radius 3 is 2.29 bits per heavy atom. The summed E-state index contributed by atoms with van der Waals surface area (Å²) in [6.45, 7) is 0.345. The standard InChI is InChI=1S/C16H19FN2O2/c17-13-7-5-12(6-8-13)11-19-15(21)18-14(20)16(19)9-3-1-2-4-10-16/h5-8H,1-4,9-11H2,(H,18,20,21). The first kappa shape index (κ1) is 14.0. The molecule has 0 bridgehead atoms. The van der Waals surface area contributed by atoms with Gasteiger partial charge in [0, 0.05) is 6.54 Å². The van der Waals surface area contributed by atoms with Crippen LogP contribution in [-0.4, -0.2) is 22.4 Å². The van der Waals surface area contributed by atoms with E-state index in [1.807, 2.05) is 0 Å². The molecular weight excluding hydrogens is 271 g/mol. The minimum atomic E-state index is -0.706. The lowest BCUT2D eigenvalue weighted by atomic mass is 9.88. The van der Waals surface area contributed by atoms with Crippen LogP contribution in [0.15, 0.2) is 24.3 Å². The molecule has 1 heterocycles. The molecule has 0 radical (unpaired) electrons. The maximum atomic E-state index is 13.0. The third-order valence-corrected chi connectivity index (χ3v) is 4.59. The molecule has 1 N–H and O–H groups in total. The van der Waals surface area contributed by atoms with E-state index in [0.717, 1.165) is 31.2 Å². The van der Waals surface area contributed by atoms with Crippen LogP contribution in [0.2, 0.25) is 0 Å². The smallest absolute Gasteiger partial charge is 0.305 e. The normalized spacial score (nSPS) is 21.5. The molecule has 21 heavy (non-hydrogen) atoms. The Morgan fingerprint density at radius 2 is 1.67 bits per heavy atom. The van der Waals surface area contributed by atoms with Crippen LogP contribution in [0.4, 0.5) is 9.18 Å². The van der Waals surface area contributed by atoms with E-state index in [0.29, 0.717) is 19.4 Å². The molecule has 1 saturated carbocycles. The predicted molar refractivity (Wildman–Crippen MR) is 75.9 cm³/mol. The number of hydrogen-bond acceptors (Lipinski definition) is 2. The van der Waals surface area contributed by atoms with E-state index in [4.69, 9.17) is 0 Å². The Morgan fingerprint density at radius 1 is 1.05 bits per heavy atom. The summed E-state index contributed by atoms with van der Waals surface area (Å²) in [6.07, 6.45) is 5.56. The lowest BCUT2D eigenvalue weighted by molar-refractivity contribution is -0.127. The highest BCUT2D eigenvalue weighted by molar-refractivity contribution is 6.07. The van der Waals surface area contributed by atoms with E-state index in [2.05, 4.69) is 5.32 Å². The first-order valence-corrected chi connectivity index (χ1v) is 7.49. The third kappa shape index (κ3) is 2.52. The summed E-state index contributed by atoms with van der Waals surface area (Å²) in [6, 6.07) is 5.76. The number of nitrogens with one attached hydrogen (secondary N) is 1. The Hall–Kier alpha value is -1.91. The lowest BCUT2D eigenvalue weighted by Gasteiger charge is -2.34. The van der Waals surface area contributed by atoms with Gasteiger partial charge in [0.15, 0.2) is 0 Å². The van der Waals surface area contributed by atoms with E-state index in [9.17, 15) is 14.0 Å². The van der Waals surface area contributed by atoms with Gasteiger partial charge in [-0.1, -0.05) is 37.8 Å². The number of imide groups is 1. The zero-order valence-electron chi connectivity index (χ0n) is 11.9. The van der Waals surface area contributed by atoms with Crippen molar-refractivity contribution in [2.75, 3.05) is 0 Å². The van der Waals surface area contributed by atoms with Gasteiger partial charge in [-0.15, -0.1) is 0 Å². The summed E-state index contributed by atoms with van der Waals surface area (Å²) < 4.78 is 13.0. The van der Waals surface area contributed by atoms with Gasteiger partial charge in [0.05, 0.1) is 0 Å². The molecule has 0 atom stereocenters. The van der Waals surface area contributed by atoms with Gasteiger partial charge >= 0.3 is 6.03 Å². The number of rotatable bonds is 2. The fraction of sp³-hybridized carbons (Fsp3) is 0.500. The van der Waals surface area contributed by atoms with E-state index < -0.39 is 5.54 Å². The predicted octanol–water partition coefficient (Wildman–Crippen LogP) is 2.97. The molecule has 1 saturated heterocycles. The maximum absolute atomic E-state index is 13.0. The minimum absolute atomic E-state index is 0.170. The number of halogens is 1. The summed E-state index contributed by atoms with van der Waals surface area (Å²) in [5.41, 5.74) is 0.131. The van der Waals surface area contributed by atoms with Crippen molar-refractivity contribution in [3.63, 3.8) is 0 Å². The van der Waals surface area contributed by atoms with Crippen molar-refractivity contribution in [2.45, 2.75) is 50.6 Å². The number of benzene rings is 1. The van der Waals surface area contributed by atoms with Crippen molar-refractivity contribution in [2.24, 2.45) is 0 Å². The fourth-order valence-corrected chi connectivity index (χ4v) is 3.40. The zero-order valence-corrected chi connectivity index (χ0v) is 11.9. The first-order chi connectivity index (χ1) is 10.1. The number of hydrogen-bond donors (Lipinski definition) is 1. The molecule has 112 valence electrons. The molecule has 2 aliphatic rings. The molecule has 3 rings (SSSR count). The monoisotopic (exact) mass is 290 g/mol. The van der Waals surface area contributed by atoms with E-state index >= 15 is 0 Å². The number of carbonyl (C=O) groups is 2. The molecule has 1 aliphatic carbocycles. The van der Waals surface area contributed by atoms with Crippen molar-refractivity contribution in [1.82, 2.24) is 10.2 Å². The molecule has 0 aromatic heterocycles. The summed E-state index contributed by atoms with van der Waals surface area (Å²) in [4.78, 5) is 26.1. The SMILES string of the molecule is O=C1NC(=O)C2(CCCCCC2)N1Cc1ccc(F)cc1. The topological polar surface area (TPSA) is 49.4 Å². The van der Waals surface area contributed by atoms with Gasteiger partial charge in [0.1, 0.15) is 11.4 Å². The highest BCUT2D eigenvalue weighted by Gasteiger charge is 2.52. The van der Waals surface area contributed by atoms with Gasteiger partial charge < -0.3 is 4.90 Å². The molecule has 1 spiro atoms. The van der Waals surface area contributed by atoms with Crippen LogP contribution < -0.4 is 5.32 Å². The Bertz CT molecular complexity index is 548. The molecule has 3 amide bonds. The van der Waals surface area contributed by atoms with Crippen molar-refractivity contribution < 1.29 is 14.0 Å². The van der Waals surface area contributed by atoms with Gasteiger partial charge in [-0.25, -0.2) is 9.18 Å². The molecule has 1 aliphatic heterocycles. The molecule has 1 aromatic rings. The van der Waals surface area contributed by atoms with Crippen LogP contribution in [-0.2, 0) is 11.3 Å². The maximum Gasteiger partial charge on any atom is 0.325 e. The molecule has 5 heteroatoms. The quantitative estimate of drug-likeness (QED) is 0.851. The van der Waals surface area contributed by atoms with Crippen LogP contribution in [0.5, 0.6) is 0 Å². The highest BCUT2D eigenvalue weighted by atomic mass is 19.1. The largest absolute Gasteiger partial charge is 0.325 e. The fourth-order valence-electron chi connectivity index (χ4n) is 3.40. The summed E-state index contributed by atoms with van der Waals surface area (Å²) in [5, 5.41) is 2.46. The summed E-state index contributed by atoms with van der Waals surface area (Å²) in [5.74, 6) is -0.471. The second kappa shape index (κ2) is 5.47. The van der Waals surface area contributed by atoms with Crippen molar-refractivity contribution in [3.05, 3.63) is 35.6 Å². The second-order valence-corrected chi connectivity index (χ2v) is 5.92. The van der Waals surface area contributed by atoms with Gasteiger partial charge in [-0.2, -0.15) is 0 Å². The van der Waals surface area contributed by atoms with Crippen molar-refractivity contribution in [3.8, 4) is 0 Å². The zero-order chi connectivity index (χ0) is 14.9. The Balaban J connectivity index is 1.88. The number of urea groups is 1. The molecule has 0 unspecified atom stereocenters. The van der Waals surface area contributed by atoms with E-state index in [1.165, 1.54) is 12.1 Å². The summed E-state index contributed by atoms with van der Waals surface area (Å²) in [7, 11) is 0. The molecule has 2 fully saturated rings. The Labute approximate surface area is 123 Å². The van der Waals surface area contributed by atoms with Gasteiger partial charge in [0.25, 0.3) is 5.91 Å².